The minimum absolute atomic E-state index is 0.0404. The normalized spacial score (nSPS) is 15.7. The molecule has 0 N–H and O–H groups in total. The van der Waals surface area contributed by atoms with Gasteiger partial charge in [0.2, 0.25) is 0 Å². The lowest BCUT2D eigenvalue weighted by molar-refractivity contribution is 0.0762. The SMILES string of the molecule is Cc1nc(C(=O)N2CCCN(c3ccncc3F)CC2)cs1. The molecule has 1 fully saturated rings. The highest BCUT2D eigenvalue weighted by Crippen LogP contribution is 2.20. The molecule has 5 nitrogen and oxygen atoms in total. The molecular formula is C15H17FN4OS. The second-order valence-corrected chi connectivity index (χ2v) is 6.27. The van der Waals surface area contributed by atoms with Crippen molar-refractivity contribution in [3.05, 3.63) is 40.4 Å². The maximum atomic E-state index is 13.8. The number of amides is 1. The van der Waals surface area contributed by atoms with Crippen molar-refractivity contribution in [3.63, 3.8) is 0 Å². The number of hydrogen-bond acceptors (Lipinski definition) is 5. The molecule has 0 radical (unpaired) electrons. The van der Waals surface area contributed by atoms with Crippen LogP contribution in [-0.4, -0.2) is 47.0 Å². The first-order valence-electron chi connectivity index (χ1n) is 7.21. The third-order valence-electron chi connectivity index (χ3n) is 3.71. The van der Waals surface area contributed by atoms with Gasteiger partial charge in [-0.25, -0.2) is 9.37 Å². The van der Waals surface area contributed by atoms with E-state index in [0.29, 0.717) is 31.0 Å². The number of pyridine rings is 1. The van der Waals surface area contributed by atoms with Crippen LogP contribution < -0.4 is 4.90 Å². The largest absolute Gasteiger partial charge is 0.367 e. The van der Waals surface area contributed by atoms with E-state index in [2.05, 4.69) is 9.97 Å². The molecule has 0 atom stereocenters. The molecule has 0 spiro atoms. The van der Waals surface area contributed by atoms with E-state index in [1.807, 2.05) is 11.8 Å². The van der Waals surface area contributed by atoms with Crippen LogP contribution in [0.2, 0.25) is 0 Å². The Balaban J connectivity index is 1.70. The lowest BCUT2D eigenvalue weighted by Crippen LogP contribution is -2.35. The second kappa shape index (κ2) is 6.39. The highest BCUT2D eigenvalue weighted by atomic mass is 32.1. The number of halogens is 1. The maximum absolute atomic E-state index is 13.8. The van der Waals surface area contributed by atoms with E-state index in [0.717, 1.165) is 18.0 Å². The molecule has 1 amide bonds. The van der Waals surface area contributed by atoms with E-state index in [4.69, 9.17) is 0 Å². The average Bonchev–Trinajstić information content (AvgIpc) is 2.81. The van der Waals surface area contributed by atoms with Crippen LogP contribution >= 0.6 is 11.3 Å². The van der Waals surface area contributed by atoms with Gasteiger partial charge in [0.15, 0.2) is 5.82 Å². The summed E-state index contributed by atoms with van der Waals surface area (Å²) in [6.07, 6.45) is 3.61. The van der Waals surface area contributed by atoms with Crippen molar-refractivity contribution in [2.75, 3.05) is 31.1 Å². The summed E-state index contributed by atoms with van der Waals surface area (Å²) < 4.78 is 13.8. The zero-order chi connectivity index (χ0) is 15.5. The molecule has 7 heteroatoms. The minimum atomic E-state index is -0.322. The van der Waals surface area contributed by atoms with E-state index in [-0.39, 0.29) is 11.7 Å². The molecule has 3 heterocycles. The first kappa shape index (κ1) is 14.9. The predicted molar refractivity (Wildman–Crippen MR) is 83.8 cm³/mol. The number of carbonyl (C=O) groups excluding carboxylic acids is 1. The number of aryl methyl sites for hydroxylation is 1. The standard InChI is InChI=1S/C15H17FN4OS/c1-11-18-13(10-22-11)15(21)20-6-2-5-19(7-8-20)14-3-4-17-9-12(14)16/h3-4,9-10H,2,5-8H2,1H3. The Bertz CT molecular complexity index is 675. The molecular weight excluding hydrogens is 303 g/mol. The third kappa shape index (κ3) is 3.09. The van der Waals surface area contributed by atoms with Crippen molar-refractivity contribution >= 4 is 22.9 Å². The Kier molecular flexibility index (Phi) is 4.33. The molecule has 2 aromatic rings. The lowest BCUT2D eigenvalue weighted by Gasteiger charge is -2.23. The van der Waals surface area contributed by atoms with Gasteiger partial charge in [0.05, 0.1) is 16.9 Å². The highest BCUT2D eigenvalue weighted by molar-refractivity contribution is 7.09. The molecule has 0 saturated carbocycles. The number of carbonyl (C=O) groups is 1. The predicted octanol–water partition coefficient (Wildman–Crippen LogP) is 2.34. The van der Waals surface area contributed by atoms with Crippen LogP contribution in [0, 0.1) is 12.7 Å². The summed E-state index contributed by atoms with van der Waals surface area (Å²) in [4.78, 5) is 24.2. The van der Waals surface area contributed by atoms with Crippen LogP contribution in [0.25, 0.3) is 0 Å². The summed E-state index contributed by atoms with van der Waals surface area (Å²) in [6.45, 7) is 4.45. The molecule has 0 bridgehead atoms. The number of anilines is 1. The smallest absolute Gasteiger partial charge is 0.273 e. The van der Waals surface area contributed by atoms with E-state index < -0.39 is 0 Å². The van der Waals surface area contributed by atoms with E-state index >= 15 is 0 Å². The third-order valence-corrected chi connectivity index (χ3v) is 4.49. The molecule has 1 aliphatic rings. The molecule has 22 heavy (non-hydrogen) atoms. The number of aromatic nitrogens is 2. The van der Waals surface area contributed by atoms with Crippen LogP contribution in [0.4, 0.5) is 10.1 Å². The van der Waals surface area contributed by atoms with Gasteiger partial charge in [-0.2, -0.15) is 0 Å². The van der Waals surface area contributed by atoms with Crippen LogP contribution in [0.3, 0.4) is 0 Å². The first-order chi connectivity index (χ1) is 10.6. The van der Waals surface area contributed by atoms with E-state index in [1.165, 1.54) is 17.5 Å². The van der Waals surface area contributed by atoms with Gasteiger partial charge < -0.3 is 9.80 Å². The topological polar surface area (TPSA) is 49.3 Å². The average molecular weight is 320 g/mol. The van der Waals surface area contributed by atoms with E-state index in [9.17, 15) is 9.18 Å². The Morgan fingerprint density at radius 3 is 2.91 bits per heavy atom. The Labute approximate surface area is 132 Å². The zero-order valence-electron chi connectivity index (χ0n) is 12.3. The lowest BCUT2D eigenvalue weighted by atomic mass is 10.3. The van der Waals surface area contributed by atoms with Crippen LogP contribution in [0.5, 0.6) is 0 Å². The molecule has 1 saturated heterocycles. The molecule has 116 valence electrons. The van der Waals surface area contributed by atoms with Crippen molar-refractivity contribution in [3.8, 4) is 0 Å². The summed E-state index contributed by atoms with van der Waals surface area (Å²) in [5.74, 6) is -0.362. The van der Waals surface area contributed by atoms with Gasteiger partial charge in [0.1, 0.15) is 5.69 Å². The fourth-order valence-corrected chi connectivity index (χ4v) is 3.20. The second-order valence-electron chi connectivity index (χ2n) is 5.21. The Hall–Kier alpha value is -2.02. The summed E-state index contributed by atoms with van der Waals surface area (Å²) in [6, 6.07) is 1.68. The number of nitrogens with zero attached hydrogens (tertiary/aromatic N) is 4. The number of rotatable bonds is 2. The number of hydrogen-bond donors (Lipinski definition) is 0. The molecule has 0 unspecified atom stereocenters. The van der Waals surface area contributed by atoms with Gasteiger partial charge in [0, 0.05) is 37.8 Å². The van der Waals surface area contributed by atoms with Crippen molar-refractivity contribution in [2.24, 2.45) is 0 Å². The van der Waals surface area contributed by atoms with Crippen LogP contribution in [-0.2, 0) is 0 Å². The fraction of sp³-hybridized carbons (Fsp3) is 0.400. The summed E-state index contributed by atoms with van der Waals surface area (Å²) in [5.41, 5.74) is 1.06. The molecule has 0 aromatic carbocycles. The summed E-state index contributed by atoms with van der Waals surface area (Å²) >= 11 is 1.48. The van der Waals surface area contributed by atoms with Gasteiger partial charge in [-0.05, 0) is 19.4 Å². The first-order valence-corrected chi connectivity index (χ1v) is 8.09. The van der Waals surface area contributed by atoms with Gasteiger partial charge >= 0.3 is 0 Å². The molecule has 0 aliphatic carbocycles. The highest BCUT2D eigenvalue weighted by Gasteiger charge is 2.23. The maximum Gasteiger partial charge on any atom is 0.273 e. The number of thiazole rings is 1. The molecule has 1 aliphatic heterocycles. The monoisotopic (exact) mass is 320 g/mol. The van der Waals surface area contributed by atoms with Gasteiger partial charge in [-0.1, -0.05) is 0 Å². The molecule has 2 aromatic heterocycles. The summed E-state index contributed by atoms with van der Waals surface area (Å²) in [7, 11) is 0. The van der Waals surface area contributed by atoms with Crippen molar-refractivity contribution in [2.45, 2.75) is 13.3 Å². The van der Waals surface area contributed by atoms with Gasteiger partial charge in [0.25, 0.3) is 5.91 Å². The van der Waals surface area contributed by atoms with Crippen LogP contribution in [0.1, 0.15) is 21.9 Å². The summed E-state index contributed by atoms with van der Waals surface area (Å²) in [5, 5.41) is 2.68. The zero-order valence-corrected chi connectivity index (χ0v) is 13.1. The fourth-order valence-electron chi connectivity index (χ4n) is 2.61. The van der Waals surface area contributed by atoms with Gasteiger partial charge in [-0.3, -0.25) is 9.78 Å². The minimum Gasteiger partial charge on any atom is -0.367 e. The van der Waals surface area contributed by atoms with Crippen molar-refractivity contribution in [1.82, 2.24) is 14.9 Å². The van der Waals surface area contributed by atoms with Gasteiger partial charge in [-0.15, -0.1) is 11.3 Å². The Morgan fingerprint density at radius 1 is 1.32 bits per heavy atom. The Morgan fingerprint density at radius 2 is 2.18 bits per heavy atom. The van der Waals surface area contributed by atoms with Crippen molar-refractivity contribution < 1.29 is 9.18 Å². The van der Waals surface area contributed by atoms with Crippen LogP contribution in [0.15, 0.2) is 23.8 Å². The van der Waals surface area contributed by atoms with E-state index in [1.54, 1.807) is 22.5 Å². The van der Waals surface area contributed by atoms with Crippen molar-refractivity contribution in [1.29, 1.82) is 0 Å². The molecule has 3 rings (SSSR count). The quantitative estimate of drug-likeness (QED) is 0.852.